The van der Waals surface area contributed by atoms with Crippen molar-refractivity contribution in [3.63, 3.8) is 0 Å². The summed E-state index contributed by atoms with van der Waals surface area (Å²) in [5, 5.41) is 1.47. The first-order valence-electron chi connectivity index (χ1n) is 8.14. The van der Waals surface area contributed by atoms with Gasteiger partial charge in [-0.05, 0) is 24.3 Å². The molecule has 0 aliphatic heterocycles. The first-order valence-corrected chi connectivity index (χ1v) is 10.9. The summed E-state index contributed by atoms with van der Waals surface area (Å²) in [6, 6.07) is 16.6. The van der Waals surface area contributed by atoms with Gasteiger partial charge >= 0.3 is 20.8 Å². The molecule has 4 N–H and O–H groups in total. The average molecular weight is 468 g/mol. The van der Waals surface area contributed by atoms with Gasteiger partial charge in [0, 0.05) is 23.2 Å². The second-order valence-corrected chi connectivity index (χ2v) is 7.73. The summed E-state index contributed by atoms with van der Waals surface area (Å²) in [5.41, 5.74) is 0.773. The number of fused-ring (bicyclic) bond motifs is 2. The lowest BCUT2D eigenvalue weighted by molar-refractivity contribution is 0.385. The molecule has 4 rings (SSSR count). The van der Waals surface area contributed by atoms with Crippen LogP contribution in [0.25, 0.3) is 21.8 Å². The number of pyridine rings is 2. The van der Waals surface area contributed by atoms with E-state index in [1.54, 1.807) is 48.5 Å². The second kappa shape index (κ2) is 9.63. The first kappa shape index (κ1) is 23.9. The van der Waals surface area contributed by atoms with Crippen LogP contribution < -0.4 is 8.37 Å². The van der Waals surface area contributed by atoms with Crippen LogP contribution in [-0.4, -0.2) is 41.4 Å². The van der Waals surface area contributed by atoms with Gasteiger partial charge in [-0.25, -0.2) is 0 Å². The monoisotopic (exact) mass is 468 g/mol. The molecule has 0 saturated carbocycles. The molecule has 0 aliphatic rings. The Morgan fingerprint density at radius 3 is 1.32 bits per heavy atom. The van der Waals surface area contributed by atoms with E-state index in [4.69, 9.17) is 9.11 Å². The van der Waals surface area contributed by atoms with Gasteiger partial charge in [0.2, 0.25) is 0 Å². The molecule has 0 radical (unpaired) electrons. The smallest absolute Gasteiger partial charge is 0.412 e. The van der Waals surface area contributed by atoms with Crippen molar-refractivity contribution in [1.29, 1.82) is 0 Å². The van der Waals surface area contributed by atoms with Crippen LogP contribution >= 0.6 is 0 Å². The quantitative estimate of drug-likeness (QED) is 0.420. The van der Waals surface area contributed by atoms with Gasteiger partial charge in [-0.1, -0.05) is 36.4 Å². The van der Waals surface area contributed by atoms with E-state index in [9.17, 15) is 16.8 Å². The fraction of sp³-hybridized carbons (Fsp3) is 0. The topological polar surface area (TPSA) is 184 Å². The van der Waals surface area contributed by atoms with Crippen molar-refractivity contribution in [2.75, 3.05) is 0 Å². The van der Waals surface area contributed by atoms with Crippen LogP contribution in [0.15, 0.2) is 73.1 Å². The molecule has 0 spiro atoms. The molecule has 0 saturated heterocycles. The zero-order valence-corrected chi connectivity index (χ0v) is 17.1. The van der Waals surface area contributed by atoms with E-state index in [1.807, 2.05) is 0 Å². The fourth-order valence-corrected chi connectivity index (χ4v) is 3.24. The van der Waals surface area contributed by atoms with Gasteiger partial charge in [-0.15, -0.1) is 0 Å². The lowest BCUT2D eigenvalue weighted by Gasteiger charge is -2.03. The Morgan fingerprint density at radius 1 is 0.613 bits per heavy atom. The summed E-state index contributed by atoms with van der Waals surface area (Å²) in [5.74, 6) is 0.0196. The average Bonchev–Trinajstić information content (AvgIpc) is 2.67. The van der Waals surface area contributed by atoms with E-state index >= 15 is 0 Å². The van der Waals surface area contributed by atoms with Crippen molar-refractivity contribution in [2.24, 2.45) is 0 Å². The second-order valence-electron chi connectivity index (χ2n) is 5.68. The maximum atomic E-state index is 10.5. The summed E-state index contributed by atoms with van der Waals surface area (Å²) in [6.07, 6.45) is 3.03. The van der Waals surface area contributed by atoms with E-state index in [0.717, 1.165) is 10.8 Å². The zero-order valence-electron chi connectivity index (χ0n) is 15.5. The Balaban J connectivity index is 0.000000213. The molecule has 0 bridgehead atoms. The minimum Gasteiger partial charge on any atom is -0.412 e. The molecule has 0 aliphatic carbocycles. The molecule has 0 unspecified atom stereocenters. The van der Waals surface area contributed by atoms with Gasteiger partial charge in [0.15, 0.2) is 11.5 Å². The van der Waals surface area contributed by atoms with Crippen molar-refractivity contribution in [3.05, 3.63) is 73.1 Å². The van der Waals surface area contributed by atoms with E-state index in [-0.39, 0.29) is 17.0 Å². The van der Waals surface area contributed by atoms with E-state index in [2.05, 4.69) is 18.3 Å². The highest BCUT2D eigenvalue weighted by Crippen LogP contribution is 2.24. The van der Waals surface area contributed by atoms with Gasteiger partial charge in [-0.2, -0.15) is 16.8 Å². The number of hydrogen-bond acceptors (Lipinski definition) is 8. The molecule has 2 aromatic heterocycles. The van der Waals surface area contributed by atoms with Gasteiger partial charge in [0.05, 0.1) is 0 Å². The maximum absolute atomic E-state index is 10.5. The van der Waals surface area contributed by atoms with Crippen LogP contribution in [0.5, 0.6) is 11.5 Å². The van der Waals surface area contributed by atoms with Crippen LogP contribution in [0, 0.1) is 0 Å². The summed E-state index contributed by atoms with van der Waals surface area (Å²) in [4.78, 5) is 7.93. The van der Waals surface area contributed by atoms with Crippen molar-refractivity contribution in [2.45, 2.75) is 0 Å². The normalized spacial score (nSPS) is 11.2. The van der Waals surface area contributed by atoms with E-state index < -0.39 is 20.8 Å². The lowest BCUT2D eigenvalue weighted by Crippen LogP contribution is -2.07. The minimum absolute atomic E-state index is 0. The molecule has 13 heteroatoms. The number of rotatable bonds is 4. The Bertz CT molecular complexity index is 1290. The van der Waals surface area contributed by atoms with E-state index in [0.29, 0.717) is 11.0 Å². The highest BCUT2D eigenvalue weighted by molar-refractivity contribution is 7.81. The third-order valence-electron chi connectivity index (χ3n) is 3.58. The molecule has 4 aromatic rings. The van der Waals surface area contributed by atoms with Crippen molar-refractivity contribution in [1.82, 2.24) is 9.97 Å². The van der Waals surface area contributed by atoms with Gasteiger partial charge in [0.25, 0.3) is 0 Å². The first-order chi connectivity index (χ1) is 14.1. The minimum atomic E-state index is -4.51. The van der Waals surface area contributed by atoms with Gasteiger partial charge < -0.3 is 13.8 Å². The van der Waals surface area contributed by atoms with Crippen molar-refractivity contribution in [3.8, 4) is 11.5 Å². The highest BCUT2D eigenvalue weighted by Gasteiger charge is 2.11. The summed E-state index contributed by atoms with van der Waals surface area (Å²) < 4.78 is 68.1. The van der Waals surface area contributed by atoms with Crippen LogP contribution in [0.1, 0.15) is 0 Å². The lowest BCUT2D eigenvalue weighted by atomic mass is 10.2. The Hall–Kier alpha value is -3.36. The summed E-state index contributed by atoms with van der Waals surface area (Å²) >= 11 is 0. The summed E-state index contributed by atoms with van der Waals surface area (Å²) in [6.45, 7) is 0. The van der Waals surface area contributed by atoms with Crippen LogP contribution in [-0.2, 0) is 20.8 Å². The van der Waals surface area contributed by atoms with E-state index in [1.165, 1.54) is 24.5 Å². The molecule has 0 atom stereocenters. The predicted molar refractivity (Wildman–Crippen MR) is 111 cm³/mol. The molecule has 164 valence electrons. The molecule has 2 heterocycles. The maximum Gasteiger partial charge on any atom is 0.446 e. The Morgan fingerprint density at radius 2 is 0.968 bits per heavy atom. The highest BCUT2D eigenvalue weighted by atomic mass is 32.3. The zero-order chi connectivity index (χ0) is 21.8. The molecular weight excluding hydrogens is 452 g/mol. The van der Waals surface area contributed by atoms with Gasteiger partial charge in [-0.3, -0.25) is 19.1 Å². The summed E-state index contributed by atoms with van der Waals surface area (Å²) in [7, 11) is -9.02. The number of benzene rings is 2. The largest absolute Gasteiger partial charge is 0.446 e. The van der Waals surface area contributed by atoms with Crippen molar-refractivity contribution >= 4 is 42.6 Å². The predicted octanol–water partition coefficient (Wildman–Crippen LogP) is 2.01. The van der Waals surface area contributed by atoms with Crippen molar-refractivity contribution < 1.29 is 39.8 Å². The number of nitrogens with zero attached hydrogens (tertiary/aromatic N) is 2. The molecule has 31 heavy (non-hydrogen) atoms. The third kappa shape index (κ3) is 6.84. The molecule has 2 aromatic carbocycles. The van der Waals surface area contributed by atoms with Crippen LogP contribution in [0.2, 0.25) is 0 Å². The fourth-order valence-electron chi connectivity index (χ4n) is 2.51. The molecule has 0 fully saturated rings. The Kier molecular flexibility index (Phi) is 7.43. The number of para-hydroxylation sites is 2. The van der Waals surface area contributed by atoms with Crippen LogP contribution in [0.4, 0.5) is 0 Å². The standard InChI is InChI=1S/2C9H7NO4S.H2O/c2*11-15(12,13)14-8-5-1-3-7-4-2-6-10-9(7)8;/h2*1-6H,(H,11,12,13);1H2. The molecule has 0 amide bonds. The van der Waals surface area contributed by atoms with Gasteiger partial charge in [0.1, 0.15) is 11.0 Å². The SMILES string of the molecule is O.O=S(=O)(O)Oc1cccc2cccnc12.O=S(=O)(O)Oc1cccc2cccnc12. The van der Waals surface area contributed by atoms with Crippen LogP contribution in [0.3, 0.4) is 0 Å². The Labute approximate surface area is 177 Å². The number of hydrogen-bond donors (Lipinski definition) is 2. The number of aromatic nitrogens is 2. The molecular formula is C18H16N2O9S2. The third-order valence-corrected chi connectivity index (χ3v) is 4.36. The molecule has 11 nitrogen and oxygen atoms in total.